The Labute approximate surface area is 128 Å². The Balaban J connectivity index is 1.84. The SMILES string of the molecule is C[N+]1([O-])CC[C@]23c4c5ccc(O)c4O[C@H]2[C@@H](O)C=C[C@H]3[C@H]1C5. The van der Waals surface area contributed by atoms with Crippen molar-refractivity contribution in [3.05, 3.63) is 40.6 Å². The molecule has 1 spiro atoms. The molecule has 4 aliphatic rings. The van der Waals surface area contributed by atoms with E-state index in [1.165, 1.54) is 0 Å². The van der Waals surface area contributed by atoms with Crippen LogP contribution in [0.1, 0.15) is 17.5 Å². The number of hydrogen-bond donors (Lipinski definition) is 2. The number of hydroxylamine groups is 3. The maximum absolute atomic E-state index is 12.9. The van der Waals surface area contributed by atoms with E-state index in [1.54, 1.807) is 19.2 Å². The van der Waals surface area contributed by atoms with Crippen LogP contribution in [0.3, 0.4) is 0 Å². The Morgan fingerprint density at radius 2 is 2.18 bits per heavy atom. The maximum Gasteiger partial charge on any atom is 0.165 e. The first kappa shape index (κ1) is 12.9. The molecular formula is C17H19NO4. The topological polar surface area (TPSA) is 72.8 Å². The molecule has 22 heavy (non-hydrogen) atoms. The quantitative estimate of drug-likeness (QED) is 0.429. The van der Waals surface area contributed by atoms with E-state index < -0.39 is 12.2 Å². The number of phenols is 1. The highest BCUT2D eigenvalue weighted by molar-refractivity contribution is 5.61. The van der Waals surface area contributed by atoms with Gasteiger partial charge in [0.15, 0.2) is 11.5 Å². The van der Waals surface area contributed by atoms with Gasteiger partial charge in [0.25, 0.3) is 0 Å². The van der Waals surface area contributed by atoms with Crippen LogP contribution in [0.25, 0.3) is 0 Å². The second-order valence-electron chi connectivity index (χ2n) is 7.35. The molecule has 0 radical (unpaired) electrons. The van der Waals surface area contributed by atoms with Crippen LogP contribution in [0.15, 0.2) is 24.3 Å². The smallest absolute Gasteiger partial charge is 0.165 e. The Morgan fingerprint density at radius 3 is 3.00 bits per heavy atom. The molecule has 2 N–H and O–H groups in total. The monoisotopic (exact) mass is 301 g/mol. The molecule has 116 valence electrons. The third-order valence-corrected chi connectivity index (χ3v) is 6.38. The normalized spacial score (nSPS) is 47.0. The molecule has 1 aromatic rings. The number of aromatic hydroxyl groups is 1. The van der Waals surface area contributed by atoms with Crippen molar-refractivity contribution in [2.24, 2.45) is 5.92 Å². The molecule has 5 nitrogen and oxygen atoms in total. The molecule has 2 heterocycles. The van der Waals surface area contributed by atoms with Gasteiger partial charge in [-0.25, -0.2) is 0 Å². The number of piperidine rings is 1. The zero-order valence-corrected chi connectivity index (χ0v) is 12.4. The lowest BCUT2D eigenvalue weighted by Crippen LogP contribution is -2.69. The van der Waals surface area contributed by atoms with Crippen LogP contribution in [-0.4, -0.2) is 46.7 Å². The van der Waals surface area contributed by atoms with Crippen LogP contribution in [0.4, 0.5) is 0 Å². The number of ether oxygens (including phenoxy) is 1. The van der Waals surface area contributed by atoms with Gasteiger partial charge in [-0.3, -0.25) is 0 Å². The summed E-state index contributed by atoms with van der Waals surface area (Å²) in [6, 6.07) is 3.51. The predicted octanol–water partition coefficient (Wildman–Crippen LogP) is 1.21. The van der Waals surface area contributed by atoms with Gasteiger partial charge in [-0.1, -0.05) is 18.2 Å². The van der Waals surface area contributed by atoms with Crippen molar-refractivity contribution in [1.82, 2.24) is 0 Å². The average molecular weight is 301 g/mol. The number of likely N-dealkylation sites (tertiary alicyclic amines) is 1. The Kier molecular flexibility index (Phi) is 2.16. The minimum absolute atomic E-state index is 0.0495. The first-order valence-electron chi connectivity index (χ1n) is 7.90. The summed E-state index contributed by atoms with van der Waals surface area (Å²) >= 11 is 0. The van der Waals surface area contributed by atoms with E-state index in [-0.39, 0.29) is 27.8 Å². The summed E-state index contributed by atoms with van der Waals surface area (Å²) in [5.74, 6) is 0.722. The Hall–Kier alpha value is -1.56. The molecule has 0 saturated carbocycles. The van der Waals surface area contributed by atoms with Crippen LogP contribution in [0, 0.1) is 11.1 Å². The van der Waals surface area contributed by atoms with Gasteiger partial charge in [0.1, 0.15) is 12.2 Å². The van der Waals surface area contributed by atoms with Gasteiger partial charge in [-0.2, -0.15) is 0 Å². The fourth-order valence-electron chi connectivity index (χ4n) is 5.39. The number of aliphatic hydroxyl groups is 1. The van der Waals surface area contributed by atoms with E-state index in [0.717, 1.165) is 11.1 Å². The molecule has 5 rings (SSSR count). The van der Waals surface area contributed by atoms with Crippen molar-refractivity contribution in [2.45, 2.75) is 36.5 Å². The molecule has 2 aliphatic carbocycles. The molecule has 1 fully saturated rings. The lowest BCUT2D eigenvalue weighted by molar-refractivity contribution is -0.898. The molecular weight excluding hydrogens is 282 g/mol. The van der Waals surface area contributed by atoms with Crippen LogP contribution in [-0.2, 0) is 11.8 Å². The van der Waals surface area contributed by atoms with Crippen LogP contribution in [0.2, 0.25) is 0 Å². The van der Waals surface area contributed by atoms with Gasteiger partial charge in [0.2, 0.25) is 0 Å². The Morgan fingerprint density at radius 1 is 1.36 bits per heavy atom. The number of benzene rings is 1. The molecule has 1 aromatic carbocycles. The van der Waals surface area contributed by atoms with Gasteiger partial charge in [0.05, 0.1) is 25.0 Å². The molecule has 1 unspecified atom stereocenters. The van der Waals surface area contributed by atoms with Gasteiger partial charge in [-0.05, 0) is 11.6 Å². The second kappa shape index (κ2) is 3.67. The fraction of sp³-hybridized carbons (Fsp3) is 0.529. The van der Waals surface area contributed by atoms with Crippen molar-refractivity contribution in [2.75, 3.05) is 13.6 Å². The van der Waals surface area contributed by atoms with Crippen LogP contribution < -0.4 is 4.74 Å². The standard InChI is InChI=1S/C17H19NO4/c1-18(21)7-6-17-10-3-5-13(20)16(17)22-15-12(19)4-2-9(14(15)17)8-11(10)18/h2-5,10-11,13,16,19-20H,6-8H2,1H3/t10-,11+,13-,16-,17-,18?/m0/s1. The highest BCUT2D eigenvalue weighted by Gasteiger charge is 2.66. The number of likely N-dealkylation sites (N-methyl/N-ethyl adjacent to an activating group) is 1. The molecule has 5 heteroatoms. The fourth-order valence-corrected chi connectivity index (χ4v) is 5.39. The van der Waals surface area contributed by atoms with Gasteiger partial charge in [-0.15, -0.1) is 0 Å². The van der Waals surface area contributed by atoms with Crippen LogP contribution >= 0.6 is 0 Å². The minimum Gasteiger partial charge on any atom is -0.633 e. The summed E-state index contributed by atoms with van der Waals surface area (Å²) in [6.07, 6.45) is 4.07. The van der Waals surface area contributed by atoms with Gasteiger partial charge in [0, 0.05) is 24.3 Å². The number of nitrogens with zero attached hydrogens (tertiary/aromatic N) is 1. The van der Waals surface area contributed by atoms with Crippen molar-refractivity contribution in [3.63, 3.8) is 0 Å². The molecule has 0 amide bonds. The first-order valence-corrected chi connectivity index (χ1v) is 7.90. The second-order valence-corrected chi connectivity index (χ2v) is 7.35. The molecule has 2 bridgehead atoms. The lowest BCUT2D eigenvalue weighted by Gasteiger charge is -2.61. The van der Waals surface area contributed by atoms with E-state index in [2.05, 4.69) is 0 Å². The van der Waals surface area contributed by atoms with E-state index in [1.807, 2.05) is 12.1 Å². The van der Waals surface area contributed by atoms with Gasteiger partial charge >= 0.3 is 0 Å². The van der Waals surface area contributed by atoms with Gasteiger partial charge < -0.3 is 24.8 Å². The maximum atomic E-state index is 12.9. The predicted molar refractivity (Wildman–Crippen MR) is 79.4 cm³/mol. The summed E-state index contributed by atoms with van der Waals surface area (Å²) < 4.78 is 5.79. The van der Waals surface area contributed by atoms with E-state index in [4.69, 9.17) is 4.74 Å². The first-order chi connectivity index (χ1) is 10.4. The number of phenolic OH excluding ortho intramolecular Hbond substituents is 1. The van der Waals surface area contributed by atoms with Crippen molar-refractivity contribution < 1.29 is 19.6 Å². The Bertz CT molecular complexity index is 713. The number of aliphatic hydroxyl groups excluding tert-OH is 1. The number of rotatable bonds is 0. The van der Waals surface area contributed by atoms with Crippen molar-refractivity contribution in [1.29, 1.82) is 0 Å². The summed E-state index contributed by atoms with van der Waals surface area (Å²) in [5, 5.41) is 33.6. The molecule has 0 aromatic heterocycles. The van der Waals surface area contributed by atoms with E-state index in [9.17, 15) is 15.4 Å². The zero-order chi connectivity index (χ0) is 15.3. The molecule has 2 aliphatic heterocycles. The lowest BCUT2D eigenvalue weighted by atomic mass is 9.53. The average Bonchev–Trinajstić information content (AvgIpc) is 2.84. The largest absolute Gasteiger partial charge is 0.633 e. The molecule has 6 atom stereocenters. The van der Waals surface area contributed by atoms with E-state index in [0.29, 0.717) is 25.1 Å². The van der Waals surface area contributed by atoms with Crippen molar-refractivity contribution >= 4 is 0 Å². The number of hydrogen-bond acceptors (Lipinski definition) is 4. The minimum atomic E-state index is -0.696. The third-order valence-electron chi connectivity index (χ3n) is 6.38. The summed E-state index contributed by atoms with van der Waals surface area (Å²) in [6.45, 7) is 0.524. The highest BCUT2D eigenvalue weighted by Crippen LogP contribution is 2.63. The summed E-state index contributed by atoms with van der Waals surface area (Å²) in [7, 11) is 1.76. The van der Waals surface area contributed by atoms with Crippen molar-refractivity contribution in [3.8, 4) is 11.5 Å². The highest BCUT2D eigenvalue weighted by atomic mass is 16.5. The van der Waals surface area contributed by atoms with Crippen LogP contribution in [0.5, 0.6) is 11.5 Å². The number of quaternary nitrogens is 1. The van der Waals surface area contributed by atoms with E-state index >= 15 is 0 Å². The zero-order valence-electron chi connectivity index (χ0n) is 12.4. The summed E-state index contributed by atoms with van der Waals surface area (Å²) in [5.41, 5.74) is 1.78. The molecule has 1 saturated heterocycles. The third kappa shape index (κ3) is 1.23. The summed E-state index contributed by atoms with van der Waals surface area (Å²) in [4.78, 5) is 0.